The van der Waals surface area contributed by atoms with Crippen molar-refractivity contribution in [3.05, 3.63) is 33.8 Å². The van der Waals surface area contributed by atoms with Gasteiger partial charge in [0.25, 0.3) is 0 Å². The summed E-state index contributed by atoms with van der Waals surface area (Å²) in [6.45, 7) is 2.88. The first kappa shape index (κ1) is 12.2. The maximum absolute atomic E-state index is 6.16. The molecule has 1 aliphatic heterocycles. The molecule has 1 aromatic rings. The third-order valence-corrected chi connectivity index (χ3v) is 3.83. The molecule has 16 heavy (non-hydrogen) atoms. The Kier molecular flexibility index (Phi) is 4.09. The number of benzene rings is 1. The lowest BCUT2D eigenvalue weighted by atomic mass is 10.1. The summed E-state index contributed by atoms with van der Waals surface area (Å²) in [5, 5.41) is 1.30. The number of halogens is 2. The van der Waals surface area contributed by atoms with Crippen LogP contribution in [-0.2, 0) is 6.54 Å². The Morgan fingerprint density at radius 2 is 2.19 bits per heavy atom. The van der Waals surface area contributed by atoms with Gasteiger partial charge in [-0.3, -0.25) is 4.90 Å². The van der Waals surface area contributed by atoms with Gasteiger partial charge in [0, 0.05) is 19.1 Å². The zero-order valence-corrected chi connectivity index (χ0v) is 10.6. The SMILES string of the molecule is N[C@H]1CCCN(Cc2cccc(Cl)c2Cl)C1. The van der Waals surface area contributed by atoms with E-state index >= 15 is 0 Å². The van der Waals surface area contributed by atoms with Crippen molar-refractivity contribution < 1.29 is 0 Å². The molecule has 2 nitrogen and oxygen atoms in total. The van der Waals surface area contributed by atoms with Gasteiger partial charge in [0.05, 0.1) is 10.0 Å². The predicted octanol–water partition coefficient (Wildman–Crippen LogP) is 2.92. The quantitative estimate of drug-likeness (QED) is 0.884. The van der Waals surface area contributed by atoms with E-state index in [0.717, 1.165) is 31.6 Å². The minimum Gasteiger partial charge on any atom is -0.327 e. The van der Waals surface area contributed by atoms with Crippen LogP contribution in [0.3, 0.4) is 0 Å². The van der Waals surface area contributed by atoms with Crippen LogP contribution in [0.2, 0.25) is 10.0 Å². The summed E-state index contributed by atoms with van der Waals surface area (Å²) in [5.74, 6) is 0. The van der Waals surface area contributed by atoms with Crippen LogP contribution >= 0.6 is 23.2 Å². The van der Waals surface area contributed by atoms with E-state index in [9.17, 15) is 0 Å². The van der Waals surface area contributed by atoms with Gasteiger partial charge in [0.2, 0.25) is 0 Å². The minimum absolute atomic E-state index is 0.298. The Morgan fingerprint density at radius 1 is 1.38 bits per heavy atom. The van der Waals surface area contributed by atoms with Crippen LogP contribution in [0.25, 0.3) is 0 Å². The second kappa shape index (κ2) is 5.37. The summed E-state index contributed by atoms with van der Waals surface area (Å²) in [5.41, 5.74) is 7.03. The van der Waals surface area contributed by atoms with Gasteiger partial charge in [-0.15, -0.1) is 0 Å². The van der Waals surface area contributed by atoms with Crippen molar-refractivity contribution >= 4 is 23.2 Å². The molecule has 0 aromatic heterocycles. The monoisotopic (exact) mass is 258 g/mol. The third-order valence-electron chi connectivity index (χ3n) is 2.97. The lowest BCUT2D eigenvalue weighted by Crippen LogP contribution is -2.42. The highest BCUT2D eigenvalue weighted by Gasteiger charge is 2.17. The van der Waals surface area contributed by atoms with Gasteiger partial charge in [-0.25, -0.2) is 0 Å². The molecule has 2 N–H and O–H groups in total. The largest absolute Gasteiger partial charge is 0.327 e. The zero-order valence-electron chi connectivity index (χ0n) is 9.13. The molecular weight excluding hydrogens is 243 g/mol. The second-order valence-corrected chi connectivity index (χ2v) is 5.14. The first-order chi connectivity index (χ1) is 7.66. The Labute approximate surface area is 106 Å². The predicted molar refractivity (Wildman–Crippen MR) is 68.9 cm³/mol. The highest BCUT2D eigenvalue weighted by Crippen LogP contribution is 2.27. The Hall–Kier alpha value is -0.280. The number of piperidine rings is 1. The number of hydrogen-bond acceptors (Lipinski definition) is 2. The molecule has 0 amide bonds. The number of hydrogen-bond donors (Lipinski definition) is 1. The maximum Gasteiger partial charge on any atom is 0.0637 e. The van der Waals surface area contributed by atoms with E-state index in [-0.39, 0.29) is 0 Å². The molecule has 1 atom stereocenters. The highest BCUT2D eigenvalue weighted by molar-refractivity contribution is 6.42. The zero-order chi connectivity index (χ0) is 11.5. The second-order valence-electron chi connectivity index (χ2n) is 4.35. The third kappa shape index (κ3) is 2.89. The number of nitrogens with two attached hydrogens (primary N) is 1. The van der Waals surface area contributed by atoms with E-state index in [4.69, 9.17) is 28.9 Å². The van der Waals surface area contributed by atoms with Crippen molar-refractivity contribution in [3.8, 4) is 0 Å². The molecule has 0 bridgehead atoms. The van der Waals surface area contributed by atoms with E-state index in [1.807, 2.05) is 18.2 Å². The molecule has 88 valence electrons. The summed E-state index contributed by atoms with van der Waals surface area (Å²) < 4.78 is 0. The fourth-order valence-corrected chi connectivity index (χ4v) is 2.53. The normalized spacial score (nSPS) is 22.3. The first-order valence-electron chi connectivity index (χ1n) is 5.57. The van der Waals surface area contributed by atoms with E-state index in [1.165, 1.54) is 6.42 Å². The lowest BCUT2D eigenvalue weighted by molar-refractivity contribution is 0.201. The van der Waals surface area contributed by atoms with Crippen LogP contribution in [-0.4, -0.2) is 24.0 Å². The Balaban J connectivity index is 2.05. The van der Waals surface area contributed by atoms with Crippen molar-refractivity contribution in [2.24, 2.45) is 5.73 Å². The molecule has 0 radical (unpaired) electrons. The molecule has 0 saturated carbocycles. The van der Waals surface area contributed by atoms with E-state index in [2.05, 4.69) is 4.90 Å². The van der Waals surface area contributed by atoms with Gasteiger partial charge in [-0.1, -0.05) is 35.3 Å². The topological polar surface area (TPSA) is 29.3 Å². The standard InChI is InChI=1S/C12H16Cl2N2/c13-11-5-1-3-9(12(11)14)7-16-6-2-4-10(15)8-16/h1,3,5,10H,2,4,6-8,15H2/t10-/m0/s1. The summed E-state index contributed by atoms with van der Waals surface area (Å²) >= 11 is 12.1. The number of nitrogens with zero attached hydrogens (tertiary/aromatic N) is 1. The van der Waals surface area contributed by atoms with Crippen LogP contribution in [0.4, 0.5) is 0 Å². The fourth-order valence-electron chi connectivity index (χ4n) is 2.15. The lowest BCUT2D eigenvalue weighted by Gasteiger charge is -2.30. The van der Waals surface area contributed by atoms with Crippen LogP contribution in [0.15, 0.2) is 18.2 Å². The Morgan fingerprint density at radius 3 is 2.94 bits per heavy atom. The van der Waals surface area contributed by atoms with Crippen LogP contribution < -0.4 is 5.73 Å². The molecule has 1 heterocycles. The average molecular weight is 259 g/mol. The Bertz CT molecular complexity index is 368. The molecule has 2 rings (SSSR count). The summed E-state index contributed by atoms with van der Waals surface area (Å²) in [4.78, 5) is 2.34. The summed E-state index contributed by atoms with van der Waals surface area (Å²) in [6.07, 6.45) is 2.29. The molecule has 0 aliphatic carbocycles. The van der Waals surface area contributed by atoms with Crippen molar-refractivity contribution in [3.63, 3.8) is 0 Å². The summed E-state index contributed by atoms with van der Waals surface area (Å²) in [7, 11) is 0. The molecule has 0 spiro atoms. The minimum atomic E-state index is 0.298. The van der Waals surface area contributed by atoms with Gasteiger partial charge in [-0.05, 0) is 31.0 Å². The summed E-state index contributed by atoms with van der Waals surface area (Å²) in [6, 6.07) is 6.07. The fraction of sp³-hybridized carbons (Fsp3) is 0.500. The highest BCUT2D eigenvalue weighted by atomic mass is 35.5. The van der Waals surface area contributed by atoms with Crippen molar-refractivity contribution in [2.45, 2.75) is 25.4 Å². The van der Waals surface area contributed by atoms with Gasteiger partial charge in [0.15, 0.2) is 0 Å². The molecule has 1 aliphatic rings. The van der Waals surface area contributed by atoms with Crippen molar-refractivity contribution in [1.82, 2.24) is 4.90 Å². The number of rotatable bonds is 2. The molecule has 4 heteroatoms. The van der Waals surface area contributed by atoms with Gasteiger partial charge >= 0.3 is 0 Å². The molecule has 1 saturated heterocycles. The molecule has 1 aromatic carbocycles. The van der Waals surface area contributed by atoms with Crippen molar-refractivity contribution in [2.75, 3.05) is 13.1 Å². The van der Waals surface area contributed by atoms with Crippen LogP contribution in [0, 0.1) is 0 Å². The molecule has 1 fully saturated rings. The molecule has 0 unspecified atom stereocenters. The van der Waals surface area contributed by atoms with Crippen molar-refractivity contribution in [1.29, 1.82) is 0 Å². The first-order valence-corrected chi connectivity index (χ1v) is 6.33. The van der Waals surface area contributed by atoms with Crippen LogP contribution in [0.1, 0.15) is 18.4 Å². The van der Waals surface area contributed by atoms with Gasteiger partial charge in [0.1, 0.15) is 0 Å². The van der Waals surface area contributed by atoms with Gasteiger partial charge < -0.3 is 5.73 Å². The smallest absolute Gasteiger partial charge is 0.0637 e. The van der Waals surface area contributed by atoms with E-state index < -0.39 is 0 Å². The van der Waals surface area contributed by atoms with Crippen LogP contribution in [0.5, 0.6) is 0 Å². The molecular formula is C12H16Cl2N2. The van der Waals surface area contributed by atoms with E-state index in [0.29, 0.717) is 16.1 Å². The van der Waals surface area contributed by atoms with E-state index in [1.54, 1.807) is 0 Å². The van der Waals surface area contributed by atoms with Gasteiger partial charge in [-0.2, -0.15) is 0 Å². The maximum atomic E-state index is 6.16. The number of likely N-dealkylation sites (tertiary alicyclic amines) is 1. The average Bonchev–Trinajstić information content (AvgIpc) is 2.25.